The number of nitrogens with one attached hydrogen (secondary N) is 1. The van der Waals surface area contributed by atoms with Crippen LogP contribution in [0.3, 0.4) is 0 Å². The number of hydrogen-bond donors (Lipinski definition) is 2. The van der Waals surface area contributed by atoms with Crippen molar-refractivity contribution < 1.29 is 4.74 Å². The summed E-state index contributed by atoms with van der Waals surface area (Å²) in [7, 11) is 1.66. The molecular weight excluding hydrogens is 270 g/mol. The molecule has 0 unspecified atom stereocenters. The van der Waals surface area contributed by atoms with Crippen LogP contribution >= 0.6 is 11.8 Å². The fourth-order valence-corrected chi connectivity index (χ4v) is 2.86. The van der Waals surface area contributed by atoms with Gasteiger partial charge in [0.05, 0.1) is 18.1 Å². The van der Waals surface area contributed by atoms with E-state index in [4.69, 9.17) is 10.5 Å². The molecule has 20 heavy (non-hydrogen) atoms. The topological polar surface area (TPSA) is 63.9 Å². The summed E-state index contributed by atoms with van der Waals surface area (Å²) in [5.74, 6) is 0.820. The van der Waals surface area contributed by atoms with E-state index in [9.17, 15) is 0 Å². The highest BCUT2D eigenvalue weighted by atomic mass is 32.2. The van der Waals surface area contributed by atoms with Gasteiger partial charge in [-0.1, -0.05) is 11.8 Å². The number of ether oxygens (including phenoxy) is 1. The molecule has 1 heterocycles. The predicted octanol–water partition coefficient (Wildman–Crippen LogP) is 3.61. The third-order valence-corrected chi connectivity index (χ3v) is 4.00. The van der Waals surface area contributed by atoms with E-state index in [2.05, 4.69) is 16.0 Å². The van der Waals surface area contributed by atoms with Crippen molar-refractivity contribution in [2.75, 3.05) is 12.8 Å². The van der Waals surface area contributed by atoms with Crippen molar-refractivity contribution in [3.63, 3.8) is 0 Å². The van der Waals surface area contributed by atoms with Gasteiger partial charge >= 0.3 is 0 Å². The summed E-state index contributed by atoms with van der Waals surface area (Å²) in [4.78, 5) is 8.96. The smallest absolute Gasteiger partial charge is 0.171 e. The van der Waals surface area contributed by atoms with Crippen LogP contribution in [0.4, 0.5) is 5.69 Å². The van der Waals surface area contributed by atoms with Crippen LogP contribution < -0.4 is 10.5 Å². The molecule has 0 fully saturated rings. The lowest BCUT2D eigenvalue weighted by Gasteiger charge is -2.02. The Hall–Kier alpha value is -2.14. The van der Waals surface area contributed by atoms with Gasteiger partial charge in [-0.3, -0.25) is 0 Å². The first-order valence-electron chi connectivity index (χ1n) is 6.23. The van der Waals surface area contributed by atoms with Crippen LogP contribution in [0.1, 0.15) is 5.56 Å². The van der Waals surface area contributed by atoms with Gasteiger partial charge in [0.15, 0.2) is 5.16 Å². The Morgan fingerprint density at radius 3 is 2.80 bits per heavy atom. The molecule has 0 aliphatic carbocycles. The average molecular weight is 285 g/mol. The highest BCUT2D eigenvalue weighted by Crippen LogP contribution is 2.30. The van der Waals surface area contributed by atoms with Crippen molar-refractivity contribution in [1.82, 2.24) is 9.97 Å². The van der Waals surface area contributed by atoms with Crippen LogP contribution in [-0.2, 0) is 0 Å². The van der Waals surface area contributed by atoms with Crippen molar-refractivity contribution in [2.24, 2.45) is 0 Å². The molecule has 0 bridgehead atoms. The van der Waals surface area contributed by atoms with E-state index in [1.54, 1.807) is 18.9 Å². The zero-order chi connectivity index (χ0) is 14.1. The number of methoxy groups -OCH3 is 1. The molecule has 5 heteroatoms. The number of nitrogen functional groups attached to an aromatic ring is 1. The van der Waals surface area contributed by atoms with Gasteiger partial charge in [-0.15, -0.1) is 0 Å². The van der Waals surface area contributed by atoms with Crippen molar-refractivity contribution in [1.29, 1.82) is 0 Å². The molecule has 0 saturated carbocycles. The lowest BCUT2D eigenvalue weighted by Crippen LogP contribution is -1.88. The molecule has 3 aromatic rings. The van der Waals surface area contributed by atoms with Gasteiger partial charge in [0.1, 0.15) is 5.75 Å². The fraction of sp³-hybridized carbons (Fsp3) is 0.133. The standard InChI is InChI=1S/C15H15N3OS/c1-9-7-11(4-5-12(9)16)20-15-17-13-6-3-10(19-2)8-14(13)18-15/h3-8H,16H2,1-2H3,(H,17,18). The number of benzene rings is 2. The Kier molecular flexibility index (Phi) is 3.28. The molecule has 1 aromatic heterocycles. The van der Waals surface area contributed by atoms with Gasteiger partial charge < -0.3 is 15.5 Å². The normalized spacial score (nSPS) is 10.9. The van der Waals surface area contributed by atoms with E-state index in [0.717, 1.165) is 38.1 Å². The summed E-state index contributed by atoms with van der Waals surface area (Å²) >= 11 is 1.59. The van der Waals surface area contributed by atoms with Gasteiger partial charge in [-0.05, 0) is 42.8 Å². The predicted molar refractivity (Wildman–Crippen MR) is 82.4 cm³/mol. The molecular formula is C15H15N3OS. The molecule has 0 aliphatic heterocycles. The molecule has 3 rings (SSSR count). The molecule has 2 aromatic carbocycles. The first kappa shape index (κ1) is 12.9. The molecule has 4 nitrogen and oxygen atoms in total. The number of H-pyrrole nitrogens is 1. The Morgan fingerprint density at radius 2 is 2.05 bits per heavy atom. The molecule has 102 valence electrons. The Balaban J connectivity index is 1.92. The number of fused-ring (bicyclic) bond motifs is 1. The quantitative estimate of drug-likeness (QED) is 0.721. The fourth-order valence-electron chi connectivity index (χ4n) is 1.96. The van der Waals surface area contributed by atoms with Crippen LogP contribution in [0.25, 0.3) is 11.0 Å². The molecule has 3 N–H and O–H groups in total. The molecule has 0 aliphatic rings. The minimum Gasteiger partial charge on any atom is -0.497 e. The Bertz CT molecular complexity index is 767. The Labute approximate surface area is 121 Å². The summed E-state index contributed by atoms with van der Waals surface area (Å²) in [6.45, 7) is 2.00. The number of aromatic nitrogens is 2. The zero-order valence-electron chi connectivity index (χ0n) is 11.3. The Morgan fingerprint density at radius 1 is 1.20 bits per heavy atom. The van der Waals surface area contributed by atoms with Crippen LogP contribution in [-0.4, -0.2) is 17.1 Å². The molecule has 0 radical (unpaired) electrons. The van der Waals surface area contributed by atoms with Crippen LogP contribution in [0.15, 0.2) is 46.5 Å². The maximum Gasteiger partial charge on any atom is 0.171 e. The third-order valence-electron chi connectivity index (χ3n) is 3.12. The van der Waals surface area contributed by atoms with E-state index in [1.165, 1.54) is 0 Å². The second kappa shape index (κ2) is 5.09. The summed E-state index contributed by atoms with van der Waals surface area (Å²) < 4.78 is 5.21. The first-order chi connectivity index (χ1) is 9.65. The summed E-state index contributed by atoms with van der Waals surface area (Å²) in [5, 5.41) is 0.859. The monoisotopic (exact) mass is 285 g/mol. The van der Waals surface area contributed by atoms with E-state index in [-0.39, 0.29) is 0 Å². The van der Waals surface area contributed by atoms with Gasteiger partial charge in [-0.25, -0.2) is 4.98 Å². The lowest BCUT2D eigenvalue weighted by atomic mass is 10.2. The van der Waals surface area contributed by atoms with E-state index in [0.29, 0.717) is 0 Å². The number of aryl methyl sites for hydroxylation is 1. The van der Waals surface area contributed by atoms with Crippen LogP contribution in [0, 0.1) is 6.92 Å². The second-order valence-corrected chi connectivity index (χ2v) is 5.61. The molecule has 0 saturated heterocycles. The highest BCUT2D eigenvalue weighted by molar-refractivity contribution is 7.99. The largest absolute Gasteiger partial charge is 0.497 e. The minimum absolute atomic E-state index is 0.809. The highest BCUT2D eigenvalue weighted by Gasteiger charge is 2.06. The maximum atomic E-state index is 5.83. The van der Waals surface area contributed by atoms with E-state index < -0.39 is 0 Å². The number of rotatable bonds is 3. The molecule has 0 atom stereocenters. The number of hydrogen-bond acceptors (Lipinski definition) is 4. The van der Waals surface area contributed by atoms with Crippen molar-refractivity contribution in [2.45, 2.75) is 17.0 Å². The minimum atomic E-state index is 0.809. The van der Waals surface area contributed by atoms with Crippen molar-refractivity contribution >= 4 is 28.5 Å². The maximum absolute atomic E-state index is 5.83. The SMILES string of the molecule is COc1ccc2nc(Sc3ccc(N)c(C)c3)[nH]c2c1. The van der Waals surface area contributed by atoms with Crippen LogP contribution in [0.2, 0.25) is 0 Å². The van der Waals surface area contributed by atoms with Crippen molar-refractivity contribution in [3.8, 4) is 5.75 Å². The van der Waals surface area contributed by atoms with Gasteiger partial charge in [-0.2, -0.15) is 0 Å². The van der Waals surface area contributed by atoms with Gasteiger partial charge in [0.25, 0.3) is 0 Å². The van der Waals surface area contributed by atoms with Gasteiger partial charge in [0.2, 0.25) is 0 Å². The number of nitrogens with zero attached hydrogens (tertiary/aromatic N) is 1. The summed E-state index contributed by atoms with van der Waals surface area (Å²) in [6, 6.07) is 11.8. The van der Waals surface area contributed by atoms with Crippen molar-refractivity contribution in [3.05, 3.63) is 42.0 Å². The zero-order valence-corrected chi connectivity index (χ0v) is 12.1. The third kappa shape index (κ3) is 2.44. The molecule has 0 spiro atoms. The number of aromatic amines is 1. The lowest BCUT2D eigenvalue weighted by molar-refractivity contribution is 0.415. The van der Waals surface area contributed by atoms with E-state index in [1.807, 2.05) is 37.3 Å². The summed E-state index contributed by atoms with van der Waals surface area (Å²) in [5.41, 5.74) is 9.62. The first-order valence-corrected chi connectivity index (χ1v) is 7.05. The van der Waals surface area contributed by atoms with E-state index >= 15 is 0 Å². The van der Waals surface area contributed by atoms with Crippen LogP contribution in [0.5, 0.6) is 5.75 Å². The summed E-state index contributed by atoms with van der Waals surface area (Å²) in [6.07, 6.45) is 0. The second-order valence-electron chi connectivity index (χ2n) is 4.55. The number of anilines is 1. The number of imidazole rings is 1. The number of nitrogens with two attached hydrogens (primary N) is 1. The van der Waals surface area contributed by atoms with Gasteiger partial charge in [0, 0.05) is 16.6 Å². The average Bonchev–Trinajstić information content (AvgIpc) is 2.84. The molecule has 0 amide bonds.